The topological polar surface area (TPSA) is 84.1 Å². The van der Waals surface area contributed by atoms with E-state index in [1.807, 2.05) is 42.6 Å². The number of H-pyrrole nitrogens is 1. The maximum Gasteiger partial charge on any atom is 0.254 e. The fourth-order valence-corrected chi connectivity index (χ4v) is 4.80. The van der Waals surface area contributed by atoms with Gasteiger partial charge in [-0.2, -0.15) is 0 Å². The number of aromatic nitrogens is 1. The second kappa shape index (κ2) is 13.9. The molecule has 0 bridgehead atoms. The Bertz CT molecular complexity index is 1450. The number of carbonyl (C=O) groups is 2. The van der Waals surface area contributed by atoms with Crippen molar-refractivity contribution in [2.24, 2.45) is 0 Å². The average molecular weight is 564 g/mol. The number of amides is 2. The van der Waals surface area contributed by atoms with E-state index in [1.165, 1.54) is 4.90 Å². The summed E-state index contributed by atoms with van der Waals surface area (Å²) in [7, 11) is 4.73. The van der Waals surface area contributed by atoms with E-state index < -0.39 is 0 Å². The maximum atomic E-state index is 13.8. The van der Waals surface area contributed by atoms with Gasteiger partial charge < -0.3 is 29.0 Å². The summed E-state index contributed by atoms with van der Waals surface area (Å²) >= 11 is 6.13. The first-order valence-electron chi connectivity index (χ1n) is 13.0. The van der Waals surface area contributed by atoms with Crippen molar-refractivity contribution < 1.29 is 23.8 Å². The standard InChI is InChI=1S/C31H34ClN3O5/c1-38-16-15-35(31(37)23-7-6-8-25(32)18-23)21-30(36)34(20-22-11-12-28(39-2)29(17-22)40-3)14-13-24-19-33-27-10-5-4-9-26(24)27/h4-12,17-19,33H,13-16,20-21H2,1-3H3. The molecule has 40 heavy (non-hydrogen) atoms. The summed E-state index contributed by atoms with van der Waals surface area (Å²) in [6.45, 7) is 1.25. The Morgan fingerprint density at radius 1 is 0.875 bits per heavy atom. The lowest BCUT2D eigenvalue weighted by atomic mass is 10.1. The number of halogens is 1. The van der Waals surface area contributed by atoms with Gasteiger partial charge in [0.2, 0.25) is 5.91 Å². The lowest BCUT2D eigenvalue weighted by molar-refractivity contribution is -0.132. The van der Waals surface area contributed by atoms with Crippen LogP contribution in [-0.2, 0) is 22.5 Å². The summed E-state index contributed by atoms with van der Waals surface area (Å²) in [5.74, 6) is 0.736. The first kappa shape index (κ1) is 29.0. The van der Waals surface area contributed by atoms with Gasteiger partial charge in [-0.25, -0.2) is 0 Å². The zero-order chi connectivity index (χ0) is 28.5. The molecule has 9 heteroatoms. The van der Waals surface area contributed by atoms with Crippen LogP contribution in [0.3, 0.4) is 0 Å². The van der Waals surface area contributed by atoms with Gasteiger partial charge in [-0.1, -0.05) is 41.9 Å². The molecule has 4 aromatic rings. The van der Waals surface area contributed by atoms with Crippen LogP contribution in [-0.4, -0.2) is 74.2 Å². The van der Waals surface area contributed by atoms with Crippen LogP contribution < -0.4 is 9.47 Å². The highest BCUT2D eigenvalue weighted by molar-refractivity contribution is 6.31. The molecule has 0 aliphatic carbocycles. The largest absolute Gasteiger partial charge is 0.493 e. The van der Waals surface area contributed by atoms with Crippen molar-refractivity contribution in [3.05, 3.63) is 94.6 Å². The van der Waals surface area contributed by atoms with Gasteiger partial charge in [0, 0.05) is 54.4 Å². The van der Waals surface area contributed by atoms with Crippen LogP contribution in [0, 0.1) is 0 Å². The fourth-order valence-electron chi connectivity index (χ4n) is 4.61. The van der Waals surface area contributed by atoms with Crippen molar-refractivity contribution in [1.82, 2.24) is 14.8 Å². The van der Waals surface area contributed by atoms with Crippen LogP contribution in [0.1, 0.15) is 21.5 Å². The first-order valence-corrected chi connectivity index (χ1v) is 13.4. The van der Waals surface area contributed by atoms with Gasteiger partial charge in [0.1, 0.15) is 6.54 Å². The van der Waals surface area contributed by atoms with Crippen LogP contribution in [0.2, 0.25) is 5.02 Å². The van der Waals surface area contributed by atoms with Crippen molar-refractivity contribution in [2.75, 3.05) is 47.6 Å². The molecule has 0 fully saturated rings. The van der Waals surface area contributed by atoms with E-state index in [9.17, 15) is 9.59 Å². The molecule has 1 aromatic heterocycles. The summed E-state index contributed by atoms with van der Waals surface area (Å²) in [5.41, 5.74) is 3.47. The van der Waals surface area contributed by atoms with Crippen molar-refractivity contribution in [3.63, 3.8) is 0 Å². The molecule has 0 saturated carbocycles. The van der Waals surface area contributed by atoms with Crippen molar-refractivity contribution >= 4 is 34.3 Å². The Morgan fingerprint density at radius 3 is 2.42 bits per heavy atom. The molecule has 1 N–H and O–H groups in total. The summed E-state index contributed by atoms with van der Waals surface area (Å²) in [6, 6.07) is 20.4. The lowest BCUT2D eigenvalue weighted by Crippen LogP contribution is -2.44. The Hall–Kier alpha value is -4.01. The molecule has 4 rings (SSSR count). The number of ether oxygens (including phenoxy) is 3. The number of hydrogen-bond donors (Lipinski definition) is 1. The smallest absolute Gasteiger partial charge is 0.254 e. The zero-order valence-corrected chi connectivity index (χ0v) is 23.7. The molecule has 0 aliphatic rings. The lowest BCUT2D eigenvalue weighted by Gasteiger charge is -2.28. The van der Waals surface area contributed by atoms with E-state index in [1.54, 1.807) is 50.5 Å². The highest BCUT2D eigenvalue weighted by atomic mass is 35.5. The Kier molecular flexibility index (Phi) is 10.0. The number of fused-ring (bicyclic) bond motifs is 1. The van der Waals surface area contributed by atoms with Gasteiger partial charge in [-0.15, -0.1) is 0 Å². The molecule has 0 atom stereocenters. The number of methoxy groups -OCH3 is 3. The zero-order valence-electron chi connectivity index (χ0n) is 23.0. The van der Waals surface area contributed by atoms with Crippen molar-refractivity contribution in [3.8, 4) is 11.5 Å². The normalized spacial score (nSPS) is 10.9. The molecule has 3 aromatic carbocycles. The predicted molar refractivity (Wildman–Crippen MR) is 156 cm³/mol. The third-order valence-electron chi connectivity index (χ3n) is 6.75. The van der Waals surface area contributed by atoms with Gasteiger partial charge in [0.15, 0.2) is 11.5 Å². The van der Waals surface area contributed by atoms with Gasteiger partial charge in [-0.3, -0.25) is 9.59 Å². The molecule has 0 saturated heterocycles. The van der Waals surface area contributed by atoms with E-state index in [4.69, 9.17) is 25.8 Å². The van der Waals surface area contributed by atoms with Crippen LogP contribution in [0.25, 0.3) is 10.9 Å². The van der Waals surface area contributed by atoms with Crippen LogP contribution >= 0.6 is 11.6 Å². The van der Waals surface area contributed by atoms with E-state index in [0.29, 0.717) is 48.2 Å². The number of para-hydroxylation sites is 1. The van der Waals surface area contributed by atoms with E-state index in [-0.39, 0.29) is 24.9 Å². The monoisotopic (exact) mass is 563 g/mol. The first-order chi connectivity index (χ1) is 19.4. The third kappa shape index (κ3) is 7.14. The molecule has 0 radical (unpaired) electrons. The third-order valence-corrected chi connectivity index (χ3v) is 6.99. The number of nitrogens with zero attached hydrogens (tertiary/aromatic N) is 2. The minimum atomic E-state index is -0.282. The average Bonchev–Trinajstić information content (AvgIpc) is 3.39. The molecule has 0 aliphatic heterocycles. The summed E-state index contributed by atoms with van der Waals surface area (Å²) in [5, 5.41) is 1.58. The van der Waals surface area contributed by atoms with E-state index in [0.717, 1.165) is 22.0 Å². The van der Waals surface area contributed by atoms with Crippen LogP contribution in [0.4, 0.5) is 0 Å². The predicted octanol–water partition coefficient (Wildman–Crippen LogP) is 5.20. The van der Waals surface area contributed by atoms with E-state index >= 15 is 0 Å². The molecule has 2 amide bonds. The Balaban J connectivity index is 1.58. The maximum absolute atomic E-state index is 13.8. The SMILES string of the molecule is COCCN(CC(=O)N(CCc1c[nH]c2ccccc12)Cc1ccc(OC)c(OC)c1)C(=O)c1cccc(Cl)c1. The molecule has 0 unspecified atom stereocenters. The summed E-state index contributed by atoms with van der Waals surface area (Å²) in [6.07, 6.45) is 2.63. The Morgan fingerprint density at radius 2 is 1.68 bits per heavy atom. The van der Waals surface area contributed by atoms with Crippen molar-refractivity contribution in [1.29, 1.82) is 0 Å². The molecular weight excluding hydrogens is 530 g/mol. The van der Waals surface area contributed by atoms with E-state index in [2.05, 4.69) is 11.1 Å². The number of nitrogens with one attached hydrogen (secondary N) is 1. The van der Waals surface area contributed by atoms with Gasteiger partial charge in [0.05, 0.1) is 20.8 Å². The highest BCUT2D eigenvalue weighted by Gasteiger charge is 2.23. The molecule has 8 nitrogen and oxygen atoms in total. The van der Waals surface area contributed by atoms with Crippen molar-refractivity contribution in [2.45, 2.75) is 13.0 Å². The second-order valence-corrected chi connectivity index (χ2v) is 9.78. The minimum Gasteiger partial charge on any atom is -0.493 e. The van der Waals surface area contributed by atoms with Crippen LogP contribution in [0.5, 0.6) is 11.5 Å². The minimum absolute atomic E-state index is 0.101. The number of hydrogen-bond acceptors (Lipinski definition) is 5. The highest BCUT2D eigenvalue weighted by Crippen LogP contribution is 2.28. The number of carbonyl (C=O) groups excluding carboxylic acids is 2. The summed E-state index contributed by atoms with van der Waals surface area (Å²) in [4.78, 5) is 33.8. The van der Waals surface area contributed by atoms with Crippen LogP contribution in [0.15, 0.2) is 72.9 Å². The molecule has 210 valence electrons. The quantitative estimate of drug-likeness (QED) is 0.242. The fraction of sp³-hybridized carbons (Fsp3) is 0.290. The number of aromatic amines is 1. The van der Waals surface area contributed by atoms with Gasteiger partial charge in [-0.05, 0) is 53.9 Å². The summed E-state index contributed by atoms with van der Waals surface area (Å²) < 4.78 is 16.1. The molecular formula is C31H34ClN3O5. The van der Waals surface area contributed by atoms with Gasteiger partial charge >= 0.3 is 0 Å². The molecule has 0 spiro atoms. The Labute approximate surface area is 239 Å². The second-order valence-electron chi connectivity index (χ2n) is 9.34. The number of rotatable bonds is 13. The van der Waals surface area contributed by atoms with Gasteiger partial charge in [0.25, 0.3) is 5.91 Å². The molecule has 1 heterocycles. The number of benzene rings is 3.